The van der Waals surface area contributed by atoms with Gasteiger partial charge in [0.2, 0.25) is 0 Å². The highest BCUT2D eigenvalue weighted by molar-refractivity contribution is 4.85. The van der Waals surface area contributed by atoms with Gasteiger partial charge in [0.25, 0.3) is 0 Å². The number of hydrogen-bond donors (Lipinski definition) is 2. The first kappa shape index (κ1) is 9.48. The Morgan fingerprint density at radius 1 is 1.60 bits per heavy atom. The second-order valence-electron chi connectivity index (χ2n) is 2.76. The van der Waals surface area contributed by atoms with E-state index in [-0.39, 0.29) is 0 Å². The molecular formula is C8H16N2. The second-order valence-corrected chi connectivity index (χ2v) is 2.76. The molecule has 0 spiro atoms. The molecule has 0 aliphatic heterocycles. The molecule has 0 aliphatic rings. The van der Waals surface area contributed by atoms with Crippen molar-refractivity contribution in [3.8, 4) is 12.3 Å². The number of terminal acetylenes is 1. The van der Waals surface area contributed by atoms with Crippen LogP contribution in [0.1, 0.15) is 26.7 Å². The molecule has 58 valence electrons. The van der Waals surface area contributed by atoms with E-state index < -0.39 is 0 Å². The van der Waals surface area contributed by atoms with Gasteiger partial charge in [0.05, 0.1) is 0 Å². The highest BCUT2D eigenvalue weighted by Crippen LogP contribution is 2.06. The first-order valence-electron chi connectivity index (χ1n) is 3.62. The Kier molecular flexibility index (Phi) is 5.00. The minimum Gasteiger partial charge on any atom is -0.271 e. The molecule has 1 unspecified atom stereocenters. The Morgan fingerprint density at radius 3 is 2.50 bits per heavy atom. The molecule has 0 heterocycles. The van der Waals surface area contributed by atoms with Crippen molar-refractivity contribution in [2.45, 2.75) is 32.7 Å². The van der Waals surface area contributed by atoms with Gasteiger partial charge in [0.15, 0.2) is 0 Å². The fraction of sp³-hybridized carbons (Fsp3) is 0.750. The van der Waals surface area contributed by atoms with E-state index in [1.54, 1.807) is 0 Å². The Morgan fingerprint density at radius 2 is 2.20 bits per heavy atom. The average molecular weight is 140 g/mol. The van der Waals surface area contributed by atoms with Crippen LogP contribution in [-0.2, 0) is 0 Å². The molecule has 2 heteroatoms. The summed E-state index contributed by atoms with van der Waals surface area (Å²) in [6.07, 6.45) is 6.87. The Labute approximate surface area is 63.2 Å². The second kappa shape index (κ2) is 5.28. The van der Waals surface area contributed by atoms with Gasteiger partial charge in [-0.05, 0) is 12.3 Å². The molecule has 0 aromatic rings. The quantitative estimate of drug-likeness (QED) is 0.346. The molecule has 0 bridgehead atoms. The molecule has 3 N–H and O–H groups in total. The van der Waals surface area contributed by atoms with E-state index in [0.717, 1.165) is 12.8 Å². The van der Waals surface area contributed by atoms with Crippen molar-refractivity contribution in [1.29, 1.82) is 0 Å². The van der Waals surface area contributed by atoms with Crippen molar-refractivity contribution >= 4 is 0 Å². The molecule has 10 heavy (non-hydrogen) atoms. The highest BCUT2D eigenvalue weighted by atomic mass is 15.2. The lowest BCUT2D eigenvalue weighted by molar-refractivity contribution is 0.388. The maximum atomic E-state index is 5.30. The first-order chi connectivity index (χ1) is 4.72. The summed E-state index contributed by atoms with van der Waals surface area (Å²) in [4.78, 5) is 0. The third-order valence-electron chi connectivity index (χ3n) is 1.62. The number of rotatable bonds is 4. The predicted octanol–water partition coefficient (Wildman–Crippen LogP) is 0.888. The molecule has 2 nitrogen and oxygen atoms in total. The van der Waals surface area contributed by atoms with Crippen molar-refractivity contribution in [1.82, 2.24) is 5.43 Å². The van der Waals surface area contributed by atoms with Crippen LogP contribution >= 0.6 is 0 Å². The first-order valence-corrected chi connectivity index (χ1v) is 3.62. The van der Waals surface area contributed by atoms with Gasteiger partial charge >= 0.3 is 0 Å². The third kappa shape index (κ3) is 3.49. The van der Waals surface area contributed by atoms with Crippen molar-refractivity contribution in [2.75, 3.05) is 0 Å². The zero-order valence-electron chi connectivity index (χ0n) is 6.72. The molecular weight excluding hydrogens is 124 g/mol. The summed E-state index contributed by atoms with van der Waals surface area (Å²) in [6, 6.07) is 0.357. The standard InChI is InChI=1S/C8H16N2/c1-4-5-6-8(10-9)7(2)3/h1,7-8,10H,5-6,9H2,2-3H3. The summed E-state index contributed by atoms with van der Waals surface area (Å²) in [5.74, 6) is 8.44. The lowest BCUT2D eigenvalue weighted by atomic mass is 10.0. The average Bonchev–Trinajstić information content (AvgIpc) is 1.89. The van der Waals surface area contributed by atoms with Crippen LogP contribution in [0.25, 0.3) is 0 Å². The SMILES string of the molecule is C#CCCC(NN)C(C)C. The van der Waals surface area contributed by atoms with Gasteiger partial charge in [-0.2, -0.15) is 0 Å². The number of hydrogen-bond acceptors (Lipinski definition) is 2. The molecule has 0 saturated carbocycles. The van der Waals surface area contributed by atoms with Gasteiger partial charge in [-0.15, -0.1) is 12.3 Å². The van der Waals surface area contributed by atoms with Gasteiger partial charge in [-0.1, -0.05) is 13.8 Å². The summed E-state index contributed by atoms with van der Waals surface area (Å²) in [6.45, 7) is 4.25. The minimum atomic E-state index is 0.357. The van der Waals surface area contributed by atoms with Crippen LogP contribution in [0.15, 0.2) is 0 Å². The molecule has 0 amide bonds. The monoisotopic (exact) mass is 140 g/mol. The summed E-state index contributed by atoms with van der Waals surface area (Å²) >= 11 is 0. The molecule has 0 radical (unpaired) electrons. The fourth-order valence-electron chi connectivity index (χ4n) is 0.848. The van der Waals surface area contributed by atoms with Crippen LogP contribution in [0, 0.1) is 18.3 Å². The van der Waals surface area contributed by atoms with Crippen LogP contribution in [0.2, 0.25) is 0 Å². The molecule has 1 atom stereocenters. The maximum Gasteiger partial charge on any atom is 0.0242 e. The number of nitrogens with one attached hydrogen (secondary N) is 1. The Hall–Kier alpha value is -0.520. The van der Waals surface area contributed by atoms with E-state index in [4.69, 9.17) is 12.3 Å². The molecule has 0 rings (SSSR count). The van der Waals surface area contributed by atoms with Crippen LogP contribution in [-0.4, -0.2) is 6.04 Å². The van der Waals surface area contributed by atoms with Crippen LogP contribution in [0.3, 0.4) is 0 Å². The minimum absolute atomic E-state index is 0.357. The lowest BCUT2D eigenvalue weighted by Gasteiger charge is -2.17. The smallest absolute Gasteiger partial charge is 0.0242 e. The Balaban J connectivity index is 3.52. The zero-order valence-corrected chi connectivity index (χ0v) is 6.72. The predicted molar refractivity (Wildman–Crippen MR) is 44.0 cm³/mol. The summed E-state index contributed by atoms with van der Waals surface area (Å²) in [5, 5.41) is 0. The van der Waals surface area contributed by atoms with Crippen LogP contribution in [0.5, 0.6) is 0 Å². The van der Waals surface area contributed by atoms with Crippen molar-refractivity contribution in [2.24, 2.45) is 11.8 Å². The largest absolute Gasteiger partial charge is 0.271 e. The zero-order chi connectivity index (χ0) is 7.98. The van der Waals surface area contributed by atoms with Gasteiger partial charge in [0, 0.05) is 12.5 Å². The van der Waals surface area contributed by atoms with Gasteiger partial charge < -0.3 is 0 Å². The van der Waals surface area contributed by atoms with E-state index in [0.29, 0.717) is 12.0 Å². The normalized spacial score (nSPS) is 13.1. The van der Waals surface area contributed by atoms with Crippen molar-refractivity contribution in [3.05, 3.63) is 0 Å². The van der Waals surface area contributed by atoms with E-state index >= 15 is 0 Å². The molecule has 0 aliphatic carbocycles. The molecule has 0 saturated heterocycles. The lowest BCUT2D eigenvalue weighted by Crippen LogP contribution is -2.38. The molecule has 0 fully saturated rings. The maximum absolute atomic E-state index is 5.30. The summed E-state index contributed by atoms with van der Waals surface area (Å²) in [7, 11) is 0. The third-order valence-corrected chi connectivity index (χ3v) is 1.62. The van der Waals surface area contributed by atoms with E-state index in [2.05, 4.69) is 25.2 Å². The van der Waals surface area contributed by atoms with E-state index in [1.807, 2.05) is 0 Å². The fourth-order valence-corrected chi connectivity index (χ4v) is 0.848. The molecule has 0 aromatic carbocycles. The van der Waals surface area contributed by atoms with Gasteiger partial charge in [0.1, 0.15) is 0 Å². The highest BCUT2D eigenvalue weighted by Gasteiger charge is 2.08. The summed E-state index contributed by atoms with van der Waals surface area (Å²) < 4.78 is 0. The van der Waals surface area contributed by atoms with Crippen molar-refractivity contribution in [3.63, 3.8) is 0 Å². The number of hydrazine groups is 1. The van der Waals surface area contributed by atoms with Crippen molar-refractivity contribution < 1.29 is 0 Å². The van der Waals surface area contributed by atoms with Crippen LogP contribution in [0.4, 0.5) is 0 Å². The summed E-state index contributed by atoms with van der Waals surface area (Å²) in [5.41, 5.74) is 2.74. The van der Waals surface area contributed by atoms with Gasteiger partial charge in [-0.3, -0.25) is 11.3 Å². The Bertz CT molecular complexity index is 113. The topological polar surface area (TPSA) is 38.0 Å². The van der Waals surface area contributed by atoms with Gasteiger partial charge in [-0.25, -0.2) is 0 Å². The van der Waals surface area contributed by atoms with E-state index in [1.165, 1.54) is 0 Å². The number of nitrogens with two attached hydrogens (primary N) is 1. The van der Waals surface area contributed by atoms with Crippen LogP contribution < -0.4 is 11.3 Å². The molecule has 0 aromatic heterocycles. The van der Waals surface area contributed by atoms with E-state index in [9.17, 15) is 0 Å².